The zero-order valence-electron chi connectivity index (χ0n) is 15.6. The lowest BCUT2D eigenvalue weighted by Gasteiger charge is -2.15. The minimum absolute atomic E-state index is 0.468. The molecule has 0 spiro atoms. The first kappa shape index (κ1) is 20.8. The number of hydrogen-bond donors (Lipinski definition) is 1. The molecule has 3 nitrogen and oxygen atoms in total. The molecule has 146 valence electrons. The van der Waals surface area contributed by atoms with Crippen LogP contribution in [0.3, 0.4) is 0 Å². The summed E-state index contributed by atoms with van der Waals surface area (Å²) in [5.74, 6) is 1.35. The molecule has 0 aliphatic carbocycles. The molecular weight excluding hydrogens is 461 g/mol. The molecule has 6 heteroatoms. The quantitative estimate of drug-likeness (QED) is 0.385. The zero-order chi connectivity index (χ0) is 20.1. The van der Waals surface area contributed by atoms with E-state index in [1.807, 2.05) is 36.4 Å². The number of benzene rings is 3. The Balaban J connectivity index is 1.73. The lowest BCUT2D eigenvalue weighted by atomic mass is 10.1. The van der Waals surface area contributed by atoms with Crippen molar-refractivity contribution < 1.29 is 9.47 Å². The molecule has 0 aromatic heterocycles. The van der Waals surface area contributed by atoms with Crippen LogP contribution in [-0.4, -0.2) is 7.11 Å². The highest BCUT2D eigenvalue weighted by atomic mass is 79.9. The minimum Gasteiger partial charge on any atom is -0.493 e. The number of hydrogen-bond acceptors (Lipinski definition) is 3. The van der Waals surface area contributed by atoms with Gasteiger partial charge in [0.1, 0.15) is 6.61 Å². The molecule has 0 amide bonds. The number of halogens is 3. The first-order valence-electron chi connectivity index (χ1n) is 8.69. The van der Waals surface area contributed by atoms with Gasteiger partial charge in [0.25, 0.3) is 0 Å². The van der Waals surface area contributed by atoms with E-state index in [-0.39, 0.29) is 0 Å². The molecule has 0 radical (unpaired) electrons. The van der Waals surface area contributed by atoms with Crippen LogP contribution in [0, 0.1) is 6.92 Å². The molecule has 0 bridgehead atoms. The summed E-state index contributed by atoms with van der Waals surface area (Å²) in [5.41, 5.74) is 4.20. The van der Waals surface area contributed by atoms with Crippen LogP contribution in [0.1, 0.15) is 16.7 Å². The second kappa shape index (κ2) is 9.55. The van der Waals surface area contributed by atoms with Gasteiger partial charge in [-0.05, 0) is 64.3 Å². The van der Waals surface area contributed by atoms with Gasteiger partial charge in [0, 0.05) is 22.3 Å². The van der Waals surface area contributed by atoms with Crippen molar-refractivity contribution in [3.63, 3.8) is 0 Å². The maximum atomic E-state index is 6.05. The Morgan fingerprint density at radius 2 is 1.71 bits per heavy atom. The van der Waals surface area contributed by atoms with Gasteiger partial charge in [-0.2, -0.15) is 0 Å². The number of ether oxygens (including phenoxy) is 2. The van der Waals surface area contributed by atoms with Crippen molar-refractivity contribution in [1.82, 2.24) is 0 Å². The molecule has 28 heavy (non-hydrogen) atoms. The van der Waals surface area contributed by atoms with Gasteiger partial charge in [0.15, 0.2) is 11.5 Å². The normalized spacial score (nSPS) is 10.6. The fourth-order valence-corrected chi connectivity index (χ4v) is 3.96. The highest BCUT2D eigenvalue weighted by molar-refractivity contribution is 9.10. The summed E-state index contributed by atoms with van der Waals surface area (Å²) in [4.78, 5) is 0. The molecule has 0 fully saturated rings. The average Bonchev–Trinajstić information content (AvgIpc) is 2.64. The molecule has 0 aliphatic heterocycles. The molecule has 3 aromatic carbocycles. The molecule has 0 atom stereocenters. The van der Waals surface area contributed by atoms with Gasteiger partial charge in [-0.25, -0.2) is 0 Å². The van der Waals surface area contributed by atoms with Crippen molar-refractivity contribution in [3.05, 3.63) is 85.8 Å². The highest BCUT2D eigenvalue weighted by Gasteiger charge is 2.12. The summed E-state index contributed by atoms with van der Waals surface area (Å²) >= 11 is 15.7. The summed E-state index contributed by atoms with van der Waals surface area (Å²) in [6.07, 6.45) is 0. The Hall–Kier alpha value is -1.88. The number of methoxy groups -OCH3 is 1. The van der Waals surface area contributed by atoms with E-state index >= 15 is 0 Å². The van der Waals surface area contributed by atoms with Crippen molar-refractivity contribution in [2.75, 3.05) is 12.4 Å². The van der Waals surface area contributed by atoms with Crippen molar-refractivity contribution >= 4 is 44.8 Å². The van der Waals surface area contributed by atoms with Crippen molar-refractivity contribution in [1.29, 1.82) is 0 Å². The molecule has 0 unspecified atom stereocenters. The maximum absolute atomic E-state index is 6.05. The van der Waals surface area contributed by atoms with Crippen LogP contribution in [0.5, 0.6) is 11.5 Å². The predicted octanol–water partition coefficient (Wildman–Crippen LogP) is 7.26. The summed E-state index contributed by atoms with van der Waals surface area (Å²) in [5, 5.41) is 4.50. The number of anilines is 1. The molecule has 3 rings (SSSR count). The topological polar surface area (TPSA) is 30.5 Å². The standard InChI is InChI=1S/C22H20BrCl2NO2/c1-14-4-3-5-15(6-14)13-28-22-20(23)7-16(8-21(22)27-2)12-26-19-10-17(24)9-18(25)11-19/h3-11,26H,12-13H2,1-2H3. The Labute approximate surface area is 183 Å². The van der Waals surface area contributed by atoms with Crippen LogP contribution in [0.15, 0.2) is 59.1 Å². The van der Waals surface area contributed by atoms with E-state index in [0.717, 1.165) is 21.3 Å². The first-order chi connectivity index (χ1) is 13.4. The Bertz CT molecular complexity index is 958. The fourth-order valence-electron chi connectivity index (χ4n) is 2.83. The van der Waals surface area contributed by atoms with Gasteiger partial charge in [-0.3, -0.25) is 0 Å². The van der Waals surface area contributed by atoms with Gasteiger partial charge >= 0.3 is 0 Å². The smallest absolute Gasteiger partial charge is 0.175 e. The van der Waals surface area contributed by atoms with Crippen molar-refractivity contribution in [3.8, 4) is 11.5 Å². The largest absolute Gasteiger partial charge is 0.493 e. The average molecular weight is 481 g/mol. The number of rotatable bonds is 7. The molecule has 0 heterocycles. The molecule has 1 N–H and O–H groups in total. The fraction of sp³-hybridized carbons (Fsp3) is 0.182. The summed E-state index contributed by atoms with van der Waals surface area (Å²) in [6, 6.07) is 17.6. The summed E-state index contributed by atoms with van der Waals surface area (Å²) < 4.78 is 12.4. The minimum atomic E-state index is 0.468. The van der Waals surface area contributed by atoms with E-state index in [1.54, 1.807) is 13.2 Å². The van der Waals surface area contributed by atoms with Crippen LogP contribution in [0.4, 0.5) is 5.69 Å². The number of aryl methyl sites for hydroxylation is 1. The molecule has 0 saturated carbocycles. The van der Waals surface area contributed by atoms with E-state index in [9.17, 15) is 0 Å². The Morgan fingerprint density at radius 1 is 0.964 bits per heavy atom. The Morgan fingerprint density at radius 3 is 2.39 bits per heavy atom. The summed E-state index contributed by atoms with van der Waals surface area (Å²) in [6.45, 7) is 3.12. The predicted molar refractivity (Wildman–Crippen MR) is 120 cm³/mol. The molecular formula is C22H20BrCl2NO2. The molecule has 0 aliphatic rings. The zero-order valence-corrected chi connectivity index (χ0v) is 18.7. The van der Waals surface area contributed by atoms with Gasteiger partial charge in [-0.1, -0.05) is 53.0 Å². The van der Waals surface area contributed by atoms with Crippen LogP contribution >= 0.6 is 39.1 Å². The van der Waals surface area contributed by atoms with E-state index in [2.05, 4.69) is 40.3 Å². The van der Waals surface area contributed by atoms with E-state index in [0.29, 0.717) is 34.7 Å². The lowest BCUT2D eigenvalue weighted by molar-refractivity contribution is 0.282. The van der Waals surface area contributed by atoms with Crippen LogP contribution in [0.2, 0.25) is 10.0 Å². The van der Waals surface area contributed by atoms with Crippen LogP contribution < -0.4 is 14.8 Å². The van der Waals surface area contributed by atoms with Crippen LogP contribution in [0.25, 0.3) is 0 Å². The van der Waals surface area contributed by atoms with E-state index < -0.39 is 0 Å². The highest BCUT2D eigenvalue weighted by Crippen LogP contribution is 2.37. The van der Waals surface area contributed by atoms with E-state index in [4.69, 9.17) is 32.7 Å². The van der Waals surface area contributed by atoms with E-state index in [1.165, 1.54) is 5.56 Å². The van der Waals surface area contributed by atoms with Crippen molar-refractivity contribution in [2.45, 2.75) is 20.1 Å². The summed E-state index contributed by atoms with van der Waals surface area (Å²) in [7, 11) is 1.63. The van der Waals surface area contributed by atoms with Gasteiger partial charge in [-0.15, -0.1) is 0 Å². The van der Waals surface area contributed by atoms with Gasteiger partial charge in [0.2, 0.25) is 0 Å². The van der Waals surface area contributed by atoms with Gasteiger partial charge in [0.05, 0.1) is 11.6 Å². The third kappa shape index (κ3) is 5.57. The first-order valence-corrected chi connectivity index (χ1v) is 10.2. The Kier molecular flexibility index (Phi) is 7.11. The monoisotopic (exact) mass is 479 g/mol. The lowest BCUT2D eigenvalue weighted by Crippen LogP contribution is -2.03. The molecule has 3 aromatic rings. The maximum Gasteiger partial charge on any atom is 0.175 e. The third-order valence-corrected chi connectivity index (χ3v) is 5.14. The van der Waals surface area contributed by atoms with Gasteiger partial charge < -0.3 is 14.8 Å². The number of nitrogens with one attached hydrogen (secondary N) is 1. The van der Waals surface area contributed by atoms with Crippen LogP contribution in [-0.2, 0) is 13.2 Å². The SMILES string of the molecule is COc1cc(CNc2cc(Cl)cc(Cl)c2)cc(Br)c1OCc1cccc(C)c1. The molecule has 0 saturated heterocycles. The second-order valence-electron chi connectivity index (χ2n) is 6.40. The second-order valence-corrected chi connectivity index (χ2v) is 8.13. The third-order valence-electron chi connectivity index (χ3n) is 4.11. The van der Waals surface area contributed by atoms with Crippen molar-refractivity contribution in [2.24, 2.45) is 0 Å².